The van der Waals surface area contributed by atoms with Crippen LogP contribution in [0.3, 0.4) is 0 Å². The number of urea groups is 1. The number of amides is 2. The molecule has 0 atom stereocenters. The predicted octanol–water partition coefficient (Wildman–Crippen LogP) is 3.56. The Hall–Kier alpha value is -2.88. The number of anilines is 1. The van der Waals surface area contributed by atoms with Crippen molar-refractivity contribution in [2.24, 2.45) is 0 Å². The molecule has 0 bridgehead atoms. The molecule has 21 heavy (non-hydrogen) atoms. The van der Waals surface area contributed by atoms with Gasteiger partial charge in [0.15, 0.2) is 0 Å². The minimum atomic E-state index is -0.227. The zero-order valence-corrected chi connectivity index (χ0v) is 11.4. The molecular weight excluding hydrogens is 262 g/mol. The first-order valence-corrected chi connectivity index (χ1v) is 6.75. The number of fused-ring (bicyclic) bond motifs is 1. The molecule has 2 N–H and O–H groups in total. The Bertz CT molecular complexity index is 756. The van der Waals surface area contributed by atoms with Gasteiger partial charge in [0.25, 0.3) is 0 Å². The van der Waals surface area contributed by atoms with Gasteiger partial charge in [0.1, 0.15) is 0 Å². The minimum absolute atomic E-state index is 0.227. The molecule has 3 aromatic rings. The third kappa shape index (κ3) is 3.36. The fourth-order valence-electron chi connectivity index (χ4n) is 2.09. The van der Waals surface area contributed by atoms with E-state index in [0.29, 0.717) is 6.54 Å². The van der Waals surface area contributed by atoms with Crippen molar-refractivity contribution in [2.45, 2.75) is 6.54 Å². The van der Waals surface area contributed by atoms with Crippen LogP contribution >= 0.6 is 0 Å². The Balaban J connectivity index is 1.62. The summed E-state index contributed by atoms with van der Waals surface area (Å²) in [5, 5.41) is 6.67. The van der Waals surface area contributed by atoms with Crippen molar-refractivity contribution in [3.05, 3.63) is 72.4 Å². The molecule has 0 radical (unpaired) electrons. The summed E-state index contributed by atoms with van der Waals surface area (Å²) in [5.41, 5.74) is 2.69. The van der Waals surface area contributed by atoms with Crippen LogP contribution in [0.5, 0.6) is 0 Å². The fraction of sp³-hybridized carbons (Fsp3) is 0.0588. The molecule has 0 aliphatic heterocycles. The van der Waals surface area contributed by atoms with E-state index >= 15 is 0 Å². The lowest BCUT2D eigenvalue weighted by Crippen LogP contribution is -2.28. The van der Waals surface area contributed by atoms with Gasteiger partial charge in [-0.2, -0.15) is 0 Å². The standard InChI is InChI=1S/C17H15N3O/c21-17(20-15-7-2-1-3-8-15)19-12-13-10-14-6-4-5-9-16(14)18-11-13/h1-11H,12H2,(H2,19,20,21). The number of benzene rings is 2. The van der Waals surface area contributed by atoms with Crippen molar-refractivity contribution in [2.75, 3.05) is 5.32 Å². The summed E-state index contributed by atoms with van der Waals surface area (Å²) in [6, 6.07) is 19.1. The molecule has 104 valence electrons. The summed E-state index contributed by atoms with van der Waals surface area (Å²) in [7, 11) is 0. The van der Waals surface area contributed by atoms with Gasteiger partial charge < -0.3 is 10.6 Å². The number of hydrogen-bond acceptors (Lipinski definition) is 2. The molecule has 1 heterocycles. The molecule has 0 aliphatic rings. The molecule has 2 amide bonds. The summed E-state index contributed by atoms with van der Waals surface area (Å²) in [4.78, 5) is 16.2. The van der Waals surface area contributed by atoms with Crippen LogP contribution in [-0.4, -0.2) is 11.0 Å². The molecule has 4 heteroatoms. The largest absolute Gasteiger partial charge is 0.334 e. The smallest absolute Gasteiger partial charge is 0.319 e. The second-order valence-electron chi connectivity index (χ2n) is 4.71. The summed E-state index contributed by atoms with van der Waals surface area (Å²) in [6.07, 6.45) is 1.78. The molecule has 4 nitrogen and oxygen atoms in total. The molecule has 2 aromatic carbocycles. The first-order chi connectivity index (χ1) is 10.3. The fourth-order valence-corrected chi connectivity index (χ4v) is 2.09. The van der Waals surface area contributed by atoms with Crippen molar-refractivity contribution in [3.63, 3.8) is 0 Å². The number of nitrogens with one attached hydrogen (secondary N) is 2. The summed E-state index contributed by atoms with van der Waals surface area (Å²) >= 11 is 0. The quantitative estimate of drug-likeness (QED) is 0.769. The molecular formula is C17H15N3O. The van der Waals surface area contributed by atoms with E-state index in [1.807, 2.05) is 60.7 Å². The van der Waals surface area contributed by atoms with E-state index < -0.39 is 0 Å². The zero-order chi connectivity index (χ0) is 14.5. The average molecular weight is 277 g/mol. The third-order valence-corrected chi connectivity index (χ3v) is 3.13. The second-order valence-corrected chi connectivity index (χ2v) is 4.71. The van der Waals surface area contributed by atoms with Crippen molar-refractivity contribution < 1.29 is 4.79 Å². The molecule has 0 saturated heterocycles. The number of hydrogen-bond donors (Lipinski definition) is 2. The highest BCUT2D eigenvalue weighted by Crippen LogP contribution is 2.12. The number of para-hydroxylation sites is 2. The van der Waals surface area contributed by atoms with Crippen molar-refractivity contribution >= 4 is 22.6 Å². The van der Waals surface area contributed by atoms with Crippen LogP contribution in [0, 0.1) is 0 Å². The molecule has 0 aliphatic carbocycles. The normalized spacial score (nSPS) is 10.3. The zero-order valence-electron chi connectivity index (χ0n) is 11.4. The lowest BCUT2D eigenvalue weighted by molar-refractivity contribution is 0.251. The molecule has 3 rings (SSSR count). The SMILES string of the molecule is O=C(NCc1cnc2ccccc2c1)Nc1ccccc1. The van der Waals surface area contributed by atoms with E-state index in [0.717, 1.165) is 22.2 Å². The molecule has 0 saturated carbocycles. The lowest BCUT2D eigenvalue weighted by atomic mass is 10.1. The maximum absolute atomic E-state index is 11.8. The first-order valence-electron chi connectivity index (χ1n) is 6.75. The highest BCUT2D eigenvalue weighted by molar-refractivity contribution is 5.89. The van der Waals surface area contributed by atoms with Gasteiger partial charge in [-0.1, -0.05) is 36.4 Å². The van der Waals surface area contributed by atoms with E-state index in [1.54, 1.807) is 6.20 Å². The van der Waals surface area contributed by atoms with Crippen LogP contribution in [0.15, 0.2) is 66.9 Å². The molecule has 0 fully saturated rings. The summed E-state index contributed by atoms with van der Waals surface area (Å²) in [6.45, 7) is 0.441. The Morgan fingerprint density at radius 2 is 1.76 bits per heavy atom. The second kappa shape index (κ2) is 6.05. The molecule has 0 unspecified atom stereocenters. The molecule has 0 spiro atoms. The molecule has 1 aromatic heterocycles. The van der Waals surface area contributed by atoms with Crippen molar-refractivity contribution in [1.82, 2.24) is 10.3 Å². The Labute approximate surface area is 122 Å². The number of aromatic nitrogens is 1. The minimum Gasteiger partial charge on any atom is -0.334 e. The maximum atomic E-state index is 11.8. The van der Waals surface area contributed by atoms with E-state index in [4.69, 9.17) is 0 Å². The number of nitrogens with zero attached hydrogens (tertiary/aromatic N) is 1. The van der Waals surface area contributed by atoms with Crippen LogP contribution in [0.1, 0.15) is 5.56 Å². The highest BCUT2D eigenvalue weighted by atomic mass is 16.2. The maximum Gasteiger partial charge on any atom is 0.319 e. The third-order valence-electron chi connectivity index (χ3n) is 3.13. The average Bonchev–Trinajstić information content (AvgIpc) is 2.54. The Kier molecular flexibility index (Phi) is 3.78. The van der Waals surface area contributed by atoms with Gasteiger partial charge in [0, 0.05) is 23.8 Å². The van der Waals surface area contributed by atoms with E-state index in [9.17, 15) is 4.79 Å². The monoisotopic (exact) mass is 277 g/mol. The number of carbonyl (C=O) groups is 1. The van der Waals surface area contributed by atoms with Crippen LogP contribution in [0.25, 0.3) is 10.9 Å². The highest BCUT2D eigenvalue weighted by Gasteiger charge is 2.02. The van der Waals surface area contributed by atoms with E-state index in [1.165, 1.54) is 0 Å². The van der Waals surface area contributed by atoms with Crippen molar-refractivity contribution in [1.29, 1.82) is 0 Å². The predicted molar refractivity (Wildman–Crippen MR) is 84.0 cm³/mol. The van der Waals surface area contributed by atoms with Crippen LogP contribution in [0.4, 0.5) is 10.5 Å². The number of rotatable bonds is 3. The summed E-state index contributed by atoms with van der Waals surface area (Å²) in [5.74, 6) is 0. The summed E-state index contributed by atoms with van der Waals surface area (Å²) < 4.78 is 0. The Morgan fingerprint density at radius 3 is 2.62 bits per heavy atom. The first kappa shape index (κ1) is 13.1. The number of carbonyl (C=O) groups excluding carboxylic acids is 1. The van der Waals surface area contributed by atoms with Gasteiger partial charge in [-0.3, -0.25) is 4.98 Å². The number of pyridine rings is 1. The van der Waals surface area contributed by atoms with Crippen molar-refractivity contribution in [3.8, 4) is 0 Å². The van der Waals surface area contributed by atoms with Crippen LogP contribution in [0.2, 0.25) is 0 Å². The van der Waals surface area contributed by atoms with Crippen LogP contribution in [-0.2, 0) is 6.54 Å². The van der Waals surface area contributed by atoms with E-state index in [-0.39, 0.29) is 6.03 Å². The van der Waals surface area contributed by atoms with Gasteiger partial charge in [-0.15, -0.1) is 0 Å². The van der Waals surface area contributed by atoms with E-state index in [2.05, 4.69) is 15.6 Å². The topological polar surface area (TPSA) is 54.0 Å². The lowest BCUT2D eigenvalue weighted by Gasteiger charge is -2.08. The van der Waals surface area contributed by atoms with Gasteiger partial charge in [0.2, 0.25) is 0 Å². The van der Waals surface area contributed by atoms with Gasteiger partial charge in [0.05, 0.1) is 5.52 Å². The van der Waals surface area contributed by atoms with Gasteiger partial charge >= 0.3 is 6.03 Å². The van der Waals surface area contributed by atoms with Gasteiger partial charge in [-0.05, 0) is 29.8 Å². The Morgan fingerprint density at radius 1 is 1.00 bits per heavy atom. The van der Waals surface area contributed by atoms with Gasteiger partial charge in [-0.25, -0.2) is 4.79 Å². The van der Waals surface area contributed by atoms with Crippen LogP contribution < -0.4 is 10.6 Å².